The Morgan fingerprint density at radius 3 is 2.59 bits per heavy atom. The first-order valence-corrected chi connectivity index (χ1v) is 11.6. The molecule has 168 valence electrons. The van der Waals surface area contributed by atoms with E-state index in [9.17, 15) is 23.1 Å². The minimum atomic E-state index is -4.30. The fourth-order valence-corrected chi connectivity index (χ4v) is 5.20. The van der Waals surface area contributed by atoms with Gasteiger partial charge < -0.3 is 14.0 Å². The molecule has 8 nitrogen and oxygen atoms in total. The number of hydrogen-bond acceptors (Lipinski definition) is 7. The second-order valence-corrected chi connectivity index (χ2v) is 9.30. The second kappa shape index (κ2) is 8.76. The van der Waals surface area contributed by atoms with Crippen molar-refractivity contribution in [2.75, 3.05) is 6.61 Å². The van der Waals surface area contributed by atoms with Gasteiger partial charge in [0.25, 0.3) is 0 Å². The number of hydrogen-bond donors (Lipinski definition) is 1. The van der Waals surface area contributed by atoms with Crippen LogP contribution >= 0.6 is 0 Å². The first-order chi connectivity index (χ1) is 15.3. The van der Waals surface area contributed by atoms with Crippen LogP contribution in [0.15, 0.2) is 64.9 Å². The number of β-lactam (4-membered cyclic amide) rings is 1. The summed E-state index contributed by atoms with van der Waals surface area (Å²) in [6, 6.07) is 13.5. The maximum Gasteiger partial charge on any atom is 0.358 e. The number of carbonyl (C=O) groups excluding carboxylic acids is 2. The highest BCUT2D eigenvalue weighted by Crippen LogP contribution is 2.40. The van der Waals surface area contributed by atoms with Gasteiger partial charge in [0.05, 0.1) is 6.04 Å². The molecule has 2 aromatic rings. The Morgan fingerprint density at radius 1 is 1.16 bits per heavy atom. The lowest BCUT2D eigenvalue weighted by Gasteiger charge is -2.34. The lowest BCUT2D eigenvalue weighted by Crippen LogP contribution is -2.49. The lowest BCUT2D eigenvalue weighted by atomic mass is 10.0. The fraction of sp³-hybridized carbons (Fsp3) is 0.304. The highest BCUT2D eigenvalue weighted by Gasteiger charge is 2.50. The number of amides is 1. The van der Waals surface area contributed by atoms with E-state index in [4.69, 9.17) is 8.92 Å². The van der Waals surface area contributed by atoms with Gasteiger partial charge >= 0.3 is 16.1 Å². The molecule has 2 aromatic carbocycles. The molecule has 4 rings (SSSR count). The Bertz CT molecular complexity index is 1190. The molecule has 2 aliphatic rings. The van der Waals surface area contributed by atoms with Crippen molar-refractivity contribution in [3.05, 3.63) is 76.7 Å². The summed E-state index contributed by atoms with van der Waals surface area (Å²) in [6.45, 7) is 1.50. The number of aliphatic hydroxyl groups is 1. The Labute approximate surface area is 186 Å². The lowest BCUT2D eigenvalue weighted by molar-refractivity contribution is -0.151. The molecule has 1 amide bonds. The van der Waals surface area contributed by atoms with Gasteiger partial charge in [0.1, 0.15) is 11.5 Å². The van der Waals surface area contributed by atoms with E-state index in [1.807, 2.05) is 6.07 Å². The number of nitrogens with zero attached hydrogens (tertiary/aromatic N) is 1. The number of carbonyl (C=O) groups is 2. The molecule has 0 aliphatic carbocycles. The SMILES string of the molecule is Cc1ccc(CCO)c(S(=O)(=O)OC2=C(C(=O)OCc3ccccc3)N3C(=O)CC3C2)c1. The summed E-state index contributed by atoms with van der Waals surface area (Å²) in [6.07, 6.45) is 0.459. The summed E-state index contributed by atoms with van der Waals surface area (Å²) < 4.78 is 37.0. The van der Waals surface area contributed by atoms with Crippen LogP contribution in [0.2, 0.25) is 0 Å². The van der Waals surface area contributed by atoms with E-state index in [2.05, 4.69) is 0 Å². The van der Waals surface area contributed by atoms with E-state index in [-0.39, 0.29) is 60.8 Å². The Balaban J connectivity index is 1.63. The molecular formula is C23H23NO7S. The average Bonchev–Trinajstić information content (AvgIpc) is 3.05. The van der Waals surface area contributed by atoms with Crippen molar-refractivity contribution < 1.29 is 32.0 Å². The van der Waals surface area contributed by atoms with Crippen LogP contribution in [0, 0.1) is 6.92 Å². The van der Waals surface area contributed by atoms with E-state index in [0.29, 0.717) is 11.1 Å². The number of aryl methyl sites for hydroxylation is 1. The monoisotopic (exact) mass is 457 g/mol. The van der Waals surface area contributed by atoms with E-state index in [0.717, 1.165) is 5.56 Å². The quantitative estimate of drug-likeness (QED) is 0.368. The largest absolute Gasteiger partial charge is 0.456 e. The van der Waals surface area contributed by atoms with Crippen molar-refractivity contribution in [1.82, 2.24) is 4.90 Å². The molecule has 1 atom stereocenters. The third kappa shape index (κ3) is 4.26. The van der Waals surface area contributed by atoms with E-state index < -0.39 is 16.1 Å². The molecule has 1 fully saturated rings. The van der Waals surface area contributed by atoms with Crippen molar-refractivity contribution in [2.45, 2.75) is 43.7 Å². The van der Waals surface area contributed by atoms with Crippen LogP contribution in [-0.2, 0) is 41.7 Å². The van der Waals surface area contributed by atoms with E-state index in [1.54, 1.807) is 43.3 Å². The average molecular weight is 458 g/mol. The summed E-state index contributed by atoms with van der Waals surface area (Å²) in [7, 11) is -4.30. The molecule has 9 heteroatoms. The van der Waals surface area contributed by atoms with Crippen molar-refractivity contribution in [3.8, 4) is 0 Å². The van der Waals surface area contributed by atoms with Crippen LogP contribution in [0.1, 0.15) is 29.5 Å². The van der Waals surface area contributed by atoms with Crippen LogP contribution in [0.5, 0.6) is 0 Å². The second-order valence-electron chi connectivity index (χ2n) is 7.78. The maximum absolute atomic E-state index is 13.1. The Morgan fingerprint density at radius 2 is 1.91 bits per heavy atom. The van der Waals surface area contributed by atoms with Gasteiger partial charge in [-0.2, -0.15) is 8.42 Å². The molecule has 0 saturated carbocycles. The molecule has 1 unspecified atom stereocenters. The minimum Gasteiger partial charge on any atom is -0.456 e. The molecular weight excluding hydrogens is 434 g/mol. The first kappa shape index (κ1) is 22.0. The highest BCUT2D eigenvalue weighted by molar-refractivity contribution is 7.87. The number of esters is 1. The number of rotatable bonds is 8. The van der Waals surface area contributed by atoms with Gasteiger partial charge in [-0.3, -0.25) is 9.69 Å². The van der Waals surface area contributed by atoms with Crippen molar-refractivity contribution >= 4 is 22.0 Å². The normalized spacial score (nSPS) is 17.8. The Hall–Kier alpha value is -3.17. The summed E-state index contributed by atoms with van der Waals surface area (Å²) in [5.74, 6) is -1.20. The van der Waals surface area contributed by atoms with Crippen LogP contribution in [-0.4, -0.2) is 42.9 Å². The number of benzene rings is 2. The van der Waals surface area contributed by atoms with E-state index in [1.165, 1.54) is 11.0 Å². The first-order valence-electron chi connectivity index (χ1n) is 10.2. The summed E-state index contributed by atoms with van der Waals surface area (Å²) in [5, 5.41) is 9.29. The summed E-state index contributed by atoms with van der Waals surface area (Å²) in [5.41, 5.74) is 1.71. The maximum atomic E-state index is 13.1. The number of ether oxygens (including phenoxy) is 1. The van der Waals surface area contributed by atoms with Gasteiger partial charge in [-0.25, -0.2) is 4.79 Å². The predicted octanol–water partition coefficient (Wildman–Crippen LogP) is 2.19. The molecule has 2 heterocycles. The topological polar surface area (TPSA) is 110 Å². The van der Waals surface area contributed by atoms with Gasteiger partial charge in [-0.1, -0.05) is 42.5 Å². The van der Waals surface area contributed by atoms with Crippen LogP contribution < -0.4 is 0 Å². The number of fused-ring (bicyclic) bond motifs is 1. The third-order valence-corrected chi connectivity index (χ3v) is 6.80. The minimum absolute atomic E-state index is 0.0194. The molecule has 0 spiro atoms. The summed E-state index contributed by atoms with van der Waals surface area (Å²) >= 11 is 0. The zero-order valence-electron chi connectivity index (χ0n) is 17.5. The van der Waals surface area contributed by atoms with E-state index >= 15 is 0 Å². The standard InChI is InChI=1S/C23H23NO7S/c1-15-7-8-17(9-10-25)20(11-15)32(28,29)31-19-12-18-13-21(26)24(18)22(19)23(27)30-14-16-5-3-2-4-6-16/h2-8,11,18,25H,9-10,12-14H2,1H3. The smallest absolute Gasteiger partial charge is 0.358 e. The zero-order valence-corrected chi connectivity index (χ0v) is 18.3. The zero-order chi connectivity index (χ0) is 22.9. The van der Waals surface area contributed by atoms with Crippen molar-refractivity contribution in [2.24, 2.45) is 0 Å². The molecule has 32 heavy (non-hydrogen) atoms. The molecule has 1 saturated heterocycles. The van der Waals surface area contributed by atoms with Gasteiger partial charge in [0, 0.05) is 19.4 Å². The Kier molecular flexibility index (Phi) is 6.03. The van der Waals surface area contributed by atoms with Gasteiger partial charge in [-0.15, -0.1) is 0 Å². The molecule has 0 bridgehead atoms. The fourth-order valence-electron chi connectivity index (χ4n) is 3.87. The predicted molar refractivity (Wildman–Crippen MR) is 113 cm³/mol. The number of aliphatic hydroxyl groups excluding tert-OH is 1. The van der Waals surface area contributed by atoms with Crippen molar-refractivity contribution in [3.63, 3.8) is 0 Å². The van der Waals surface area contributed by atoms with Crippen LogP contribution in [0.4, 0.5) is 0 Å². The third-order valence-electron chi connectivity index (χ3n) is 5.46. The molecule has 0 aromatic heterocycles. The van der Waals surface area contributed by atoms with Crippen LogP contribution in [0.25, 0.3) is 0 Å². The van der Waals surface area contributed by atoms with Gasteiger partial charge in [0.15, 0.2) is 11.5 Å². The van der Waals surface area contributed by atoms with Crippen molar-refractivity contribution in [1.29, 1.82) is 0 Å². The highest BCUT2D eigenvalue weighted by atomic mass is 32.2. The summed E-state index contributed by atoms with van der Waals surface area (Å²) in [4.78, 5) is 26.1. The van der Waals surface area contributed by atoms with Gasteiger partial charge in [0.2, 0.25) is 5.91 Å². The molecule has 0 radical (unpaired) electrons. The van der Waals surface area contributed by atoms with Gasteiger partial charge in [-0.05, 0) is 36.1 Å². The van der Waals surface area contributed by atoms with Crippen LogP contribution in [0.3, 0.4) is 0 Å². The molecule has 2 aliphatic heterocycles. The molecule has 1 N–H and O–H groups in total.